The fourth-order valence-corrected chi connectivity index (χ4v) is 3.52. The van der Waals surface area contributed by atoms with Crippen LogP contribution in [0.1, 0.15) is 18.4 Å². The third-order valence-corrected chi connectivity index (χ3v) is 4.69. The van der Waals surface area contributed by atoms with Crippen LogP contribution >= 0.6 is 0 Å². The first-order valence-corrected chi connectivity index (χ1v) is 7.63. The van der Waals surface area contributed by atoms with Crippen LogP contribution < -0.4 is 10.5 Å². The first-order valence-electron chi connectivity index (χ1n) is 6.15. The Morgan fingerprint density at radius 2 is 1.90 bits per heavy atom. The number of amidine groups is 1. The van der Waals surface area contributed by atoms with Gasteiger partial charge < -0.3 is 5.73 Å². The molecule has 0 saturated heterocycles. The van der Waals surface area contributed by atoms with Gasteiger partial charge in [0.15, 0.2) is 0 Å². The van der Waals surface area contributed by atoms with Gasteiger partial charge >= 0.3 is 6.18 Å². The van der Waals surface area contributed by atoms with E-state index in [-0.39, 0.29) is 5.92 Å². The summed E-state index contributed by atoms with van der Waals surface area (Å²) >= 11 is 0. The van der Waals surface area contributed by atoms with Crippen molar-refractivity contribution in [3.05, 3.63) is 29.8 Å². The fraction of sp³-hybridized carbons (Fsp3) is 0.417. The van der Waals surface area contributed by atoms with Crippen LogP contribution in [0.15, 0.2) is 29.2 Å². The zero-order valence-electron chi connectivity index (χ0n) is 10.8. The lowest BCUT2D eigenvalue weighted by atomic mass is 10.2. The zero-order chi connectivity index (χ0) is 15.8. The van der Waals surface area contributed by atoms with Gasteiger partial charge in [-0.2, -0.15) is 13.2 Å². The van der Waals surface area contributed by atoms with Crippen molar-refractivity contribution in [2.75, 3.05) is 0 Å². The minimum Gasteiger partial charge on any atom is -0.386 e. The molecule has 1 aromatic rings. The Bertz CT molecular complexity index is 654. The molecule has 1 saturated carbocycles. The van der Waals surface area contributed by atoms with Crippen molar-refractivity contribution in [1.82, 2.24) is 4.72 Å². The summed E-state index contributed by atoms with van der Waals surface area (Å²) in [6, 6.07) is 2.95. The Kier molecular flexibility index (Phi) is 3.98. The van der Waals surface area contributed by atoms with Crippen LogP contribution in [-0.4, -0.2) is 20.3 Å². The summed E-state index contributed by atoms with van der Waals surface area (Å²) in [7, 11) is -4.41. The molecule has 0 heterocycles. The molecule has 1 aliphatic carbocycles. The molecule has 0 spiro atoms. The summed E-state index contributed by atoms with van der Waals surface area (Å²) in [5, 5.41) is 7.37. The number of benzene rings is 1. The third-order valence-electron chi connectivity index (χ3n) is 3.19. The molecule has 4 N–H and O–H groups in total. The average Bonchev–Trinajstić information content (AvgIpc) is 3.19. The maximum Gasteiger partial charge on any atom is 0.417 e. The molecule has 0 bridgehead atoms. The molecule has 1 unspecified atom stereocenters. The summed E-state index contributed by atoms with van der Waals surface area (Å²) in [5.74, 6) is -0.527. The second kappa shape index (κ2) is 5.30. The van der Waals surface area contributed by atoms with E-state index in [0.717, 1.165) is 12.1 Å². The average molecular weight is 321 g/mol. The summed E-state index contributed by atoms with van der Waals surface area (Å²) in [5.41, 5.74) is 4.08. The second-order valence-corrected chi connectivity index (χ2v) is 6.57. The lowest BCUT2D eigenvalue weighted by molar-refractivity contribution is -0.139. The predicted molar refractivity (Wildman–Crippen MR) is 70.2 cm³/mol. The van der Waals surface area contributed by atoms with Crippen LogP contribution in [0.4, 0.5) is 13.2 Å². The van der Waals surface area contributed by atoms with Crippen LogP contribution in [0.25, 0.3) is 0 Å². The molecule has 0 aromatic heterocycles. The molecule has 21 heavy (non-hydrogen) atoms. The normalized spacial score (nSPS) is 17.5. The van der Waals surface area contributed by atoms with E-state index in [1.165, 1.54) is 6.07 Å². The number of sulfonamides is 1. The number of nitrogens with two attached hydrogens (primary N) is 1. The second-order valence-electron chi connectivity index (χ2n) is 4.89. The van der Waals surface area contributed by atoms with Crippen molar-refractivity contribution in [2.45, 2.75) is 30.0 Å². The van der Waals surface area contributed by atoms with Crippen molar-refractivity contribution in [2.24, 2.45) is 11.7 Å². The van der Waals surface area contributed by atoms with Crippen molar-refractivity contribution >= 4 is 15.9 Å². The van der Waals surface area contributed by atoms with Gasteiger partial charge in [-0.05, 0) is 30.9 Å². The molecule has 9 heteroatoms. The van der Waals surface area contributed by atoms with E-state index in [1.807, 2.05) is 0 Å². The molecule has 0 radical (unpaired) electrons. The Hall–Kier alpha value is -1.61. The predicted octanol–water partition coefficient (Wildman–Crippen LogP) is 1.70. The van der Waals surface area contributed by atoms with Gasteiger partial charge in [0.25, 0.3) is 0 Å². The standard InChI is InChI=1S/C12H14F3N3O2S/c13-12(14,15)8-3-1-2-4-9(8)21(19,20)18-10(11(16)17)7-5-6-7/h1-4,7,10,18H,5-6H2,(H3,16,17). The Labute approximate surface area is 119 Å². The van der Waals surface area contributed by atoms with E-state index < -0.39 is 38.5 Å². The topological polar surface area (TPSA) is 96.0 Å². The van der Waals surface area contributed by atoms with E-state index in [9.17, 15) is 21.6 Å². The highest BCUT2D eigenvalue weighted by Crippen LogP contribution is 2.36. The molecule has 0 aliphatic heterocycles. The van der Waals surface area contributed by atoms with E-state index in [0.29, 0.717) is 18.9 Å². The summed E-state index contributed by atoms with van der Waals surface area (Å²) in [6.07, 6.45) is -3.40. The molecule has 0 amide bonds. The molecule has 2 rings (SSSR count). The molecule has 5 nitrogen and oxygen atoms in total. The first kappa shape index (κ1) is 15.8. The van der Waals surface area contributed by atoms with E-state index in [2.05, 4.69) is 4.72 Å². The van der Waals surface area contributed by atoms with Gasteiger partial charge in [-0.25, -0.2) is 13.1 Å². The van der Waals surface area contributed by atoms with Gasteiger partial charge in [-0.1, -0.05) is 12.1 Å². The Morgan fingerprint density at radius 3 is 2.38 bits per heavy atom. The molecular formula is C12H14F3N3O2S. The van der Waals surface area contributed by atoms with Gasteiger partial charge in [0.2, 0.25) is 10.0 Å². The number of halogens is 3. The number of hydrogen-bond donors (Lipinski definition) is 3. The highest BCUT2D eigenvalue weighted by Gasteiger charge is 2.40. The molecular weight excluding hydrogens is 307 g/mol. The van der Waals surface area contributed by atoms with Crippen molar-refractivity contribution in [3.63, 3.8) is 0 Å². The monoisotopic (exact) mass is 321 g/mol. The number of hydrogen-bond acceptors (Lipinski definition) is 3. The number of rotatable bonds is 5. The summed E-state index contributed by atoms with van der Waals surface area (Å²) in [6.45, 7) is 0. The van der Waals surface area contributed by atoms with Gasteiger partial charge in [-0.3, -0.25) is 5.41 Å². The van der Waals surface area contributed by atoms with E-state index in [1.54, 1.807) is 0 Å². The van der Waals surface area contributed by atoms with Crippen molar-refractivity contribution in [1.29, 1.82) is 5.41 Å². The molecule has 1 aliphatic rings. The van der Waals surface area contributed by atoms with Crippen LogP contribution in [0, 0.1) is 11.3 Å². The maximum atomic E-state index is 12.9. The summed E-state index contributed by atoms with van der Waals surface area (Å²) < 4.78 is 65.1. The molecule has 1 aromatic carbocycles. The van der Waals surface area contributed by atoms with E-state index >= 15 is 0 Å². The Morgan fingerprint density at radius 1 is 1.33 bits per heavy atom. The maximum absolute atomic E-state index is 12.9. The quantitative estimate of drug-likeness (QED) is 0.569. The summed E-state index contributed by atoms with van der Waals surface area (Å²) in [4.78, 5) is -0.857. The molecule has 116 valence electrons. The molecule has 1 fully saturated rings. The lowest BCUT2D eigenvalue weighted by Crippen LogP contribution is -2.45. The minimum absolute atomic E-state index is 0.129. The van der Waals surface area contributed by atoms with Crippen LogP contribution in [0.3, 0.4) is 0 Å². The third kappa shape index (κ3) is 3.53. The smallest absolute Gasteiger partial charge is 0.386 e. The van der Waals surface area contributed by atoms with Gasteiger partial charge in [-0.15, -0.1) is 0 Å². The zero-order valence-corrected chi connectivity index (χ0v) is 11.6. The fourth-order valence-electron chi connectivity index (χ4n) is 2.01. The largest absolute Gasteiger partial charge is 0.417 e. The van der Waals surface area contributed by atoms with Crippen molar-refractivity contribution < 1.29 is 21.6 Å². The van der Waals surface area contributed by atoms with Gasteiger partial charge in [0.05, 0.1) is 16.5 Å². The van der Waals surface area contributed by atoms with Gasteiger partial charge in [0, 0.05) is 0 Å². The number of alkyl halides is 3. The van der Waals surface area contributed by atoms with Crippen LogP contribution in [0.5, 0.6) is 0 Å². The lowest BCUT2D eigenvalue weighted by Gasteiger charge is -2.19. The number of nitrogens with one attached hydrogen (secondary N) is 2. The van der Waals surface area contributed by atoms with Gasteiger partial charge in [0.1, 0.15) is 5.84 Å². The first-order chi connectivity index (χ1) is 9.63. The Balaban J connectivity index is 2.38. The molecule has 1 atom stereocenters. The van der Waals surface area contributed by atoms with E-state index in [4.69, 9.17) is 11.1 Å². The minimum atomic E-state index is -4.78. The van der Waals surface area contributed by atoms with Crippen LogP contribution in [-0.2, 0) is 16.2 Å². The van der Waals surface area contributed by atoms with Crippen LogP contribution in [0.2, 0.25) is 0 Å². The van der Waals surface area contributed by atoms with Crippen molar-refractivity contribution in [3.8, 4) is 0 Å². The highest BCUT2D eigenvalue weighted by atomic mass is 32.2. The highest BCUT2D eigenvalue weighted by molar-refractivity contribution is 7.89. The SMILES string of the molecule is N=C(N)C(NS(=O)(=O)c1ccccc1C(F)(F)F)C1CC1.